The third-order valence-electron chi connectivity index (χ3n) is 2.52. The van der Waals surface area contributed by atoms with Crippen LogP contribution in [0.25, 0.3) is 0 Å². The zero-order valence-electron chi connectivity index (χ0n) is 7.38. The van der Waals surface area contributed by atoms with Gasteiger partial charge in [0.25, 0.3) is 0 Å². The van der Waals surface area contributed by atoms with E-state index < -0.39 is 0 Å². The van der Waals surface area contributed by atoms with Crippen molar-refractivity contribution in [3.8, 4) is 5.75 Å². The summed E-state index contributed by atoms with van der Waals surface area (Å²) < 4.78 is 0. The Morgan fingerprint density at radius 1 is 1.42 bits per heavy atom. The van der Waals surface area contributed by atoms with Gasteiger partial charge in [-0.2, -0.15) is 0 Å². The van der Waals surface area contributed by atoms with Crippen LogP contribution < -0.4 is 0 Å². The molecule has 0 unspecified atom stereocenters. The fraction of sp³-hybridized carbons (Fsp3) is 0.455. The van der Waals surface area contributed by atoms with E-state index >= 15 is 0 Å². The van der Waals surface area contributed by atoms with Gasteiger partial charge in [0.05, 0.1) is 0 Å². The van der Waals surface area contributed by atoms with Crippen LogP contribution in [0.5, 0.6) is 5.75 Å². The molecule has 1 N–H and O–H groups in total. The van der Waals surface area contributed by atoms with Gasteiger partial charge in [0.2, 0.25) is 0 Å². The Labute approximate surface area is 73.0 Å². The molecule has 0 aliphatic heterocycles. The van der Waals surface area contributed by atoms with Crippen LogP contribution in [0.4, 0.5) is 0 Å². The molecule has 1 aromatic carbocycles. The second-order valence-electron chi connectivity index (χ2n) is 3.52. The highest BCUT2D eigenvalue weighted by molar-refractivity contribution is 5.40. The fourth-order valence-electron chi connectivity index (χ4n) is 1.55. The van der Waals surface area contributed by atoms with Crippen molar-refractivity contribution < 1.29 is 5.11 Å². The molecule has 0 spiro atoms. The van der Waals surface area contributed by atoms with Crippen molar-refractivity contribution in [1.82, 2.24) is 0 Å². The number of aryl methyl sites for hydroxylation is 1. The Hall–Kier alpha value is -0.980. The van der Waals surface area contributed by atoms with Gasteiger partial charge in [0, 0.05) is 0 Å². The molecule has 0 atom stereocenters. The van der Waals surface area contributed by atoms with E-state index in [1.807, 2.05) is 6.07 Å². The number of rotatable bonds is 2. The Morgan fingerprint density at radius 2 is 2.17 bits per heavy atom. The Bertz CT molecular complexity index is 287. The quantitative estimate of drug-likeness (QED) is 0.709. The highest BCUT2D eigenvalue weighted by Gasteiger charge is 2.25. The summed E-state index contributed by atoms with van der Waals surface area (Å²) in [5, 5.41) is 9.63. The molecule has 1 nitrogen and oxygen atoms in total. The molecule has 0 saturated heterocycles. The molecule has 1 aromatic rings. The molecule has 2 rings (SSSR count). The lowest BCUT2D eigenvalue weighted by Gasteiger charge is -2.03. The molecule has 0 heterocycles. The van der Waals surface area contributed by atoms with E-state index in [4.69, 9.17) is 0 Å². The summed E-state index contributed by atoms with van der Waals surface area (Å²) >= 11 is 0. The van der Waals surface area contributed by atoms with Gasteiger partial charge in [-0.15, -0.1) is 0 Å². The largest absolute Gasteiger partial charge is 0.508 e. The predicted octanol–water partition coefficient (Wildman–Crippen LogP) is 2.83. The van der Waals surface area contributed by atoms with Gasteiger partial charge in [0.1, 0.15) is 5.75 Å². The fourth-order valence-corrected chi connectivity index (χ4v) is 1.55. The van der Waals surface area contributed by atoms with E-state index in [0.29, 0.717) is 11.7 Å². The van der Waals surface area contributed by atoms with Crippen LogP contribution in [0.3, 0.4) is 0 Å². The second-order valence-corrected chi connectivity index (χ2v) is 3.52. The Morgan fingerprint density at radius 3 is 2.67 bits per heavy atom. The average Bonchev–Trinajstić information content (AvgIpc) is 2.87. The molecule has 1 heteroatoms. The van der Waals surface area contributed by atoms with Gasteiger partial charge in [0.15, 0.2) is 0 Å². The lowest BCUT2D eigenvalue weighted by atomic mass is 10.1. The SMILES string of the molecule is CCc1ccc(C2CC2)c(O)c1. The first kappa shape index (κ1) is 7.66. The van der Waals surface area contributed by atoms with Crippen LogP contribution in [0.15, 0.2) is 18.2 Å². The maximum absolute atomic E-state index is 9.63. The Balaban J connectivity index is 2.32. The third kappa shape index (κ3) is 1.31. The summed E-state index contributed by atoms with van der Waals surface area (Å²) in [4.78, 5) is 0. The van der Waals surface area contributed by atoms with Crippen LogP contribution in [0, 0.1) is 0 Å². The van der Waals surface area contributed by atoms with Gasteiger partial charge < -0.3 is 5.11 Å². The molecule has 0 radical (unpaired) electrons. The standard InChI is InChI=1S/C11H14O/c1-2-8-3-6-10(9-4-5-9)11(12)7-8/h3,6-7,9,12H,2,4-5H2,1H3. The van der Waals surface area contributed by atoms with Crippen LogP contribution in [0.2, 0.25) is 0 Å². The maximum Gasteiger partial charge on any atom is 0.119 e. The smallest absolute Gasteiger partial charge is 0.119 e. The van der Waals surface area contributed by atoms with Gasteiger partial charge in [-0.25, -0.2) is 0 Å². The van der Waals surface area contributed by atoms with Gasteiger partial charge in [-0.05, 0) is 42.4 Å². The highest BCUT2D eigenvalue weighted by atomic mass is 16.3. The molecule has 12 heavy (non-hydrogen) atoms. The van der Waals surface area contributed by atoms with Crippen LogP contribution >= 0.6 is 0 Å². The first-order chi connectivity index (χ1) is 5.81. The minimum absolute atomic E-state index is 0.497. The van der Waals surface area contributed by atoms with Gasteiger partial charge >= 0.3 is 0 Å². The number of phenolic OH excluding ortho intramolecular Hbond substituents is 1. The lowest BCUT2D eigenvalue weighted by Crippen LogP contribution is -1.84. The number of hydrogen-bond acceptors (Lipinski definition) is 1. The number of phenols is 1. The lowest BCUT2D eigenvalue weighted by molar-refractivity contribution is 0.467. The third-order valence-corrected chi connectivity index (χ3v) is 2.52. The summed E-state index contributed by atoms with van der Waals surface area (Å²) in [6, 6.07) is 6.09. The van der Waals surface area contributed by atoms with Crippen molar-refractivity contribution in [2.24, 2.45) is 0 Å². The minimum Gasteiger partial charge on any atom is -0.508 e. The molecule has 1 aliphatic rings. The second kappa shape index (κ2) is 2.81. The van der Waals surface area contributed by atoms with Crippen molar-refractivity contribution in [3.05, 3.63) is 29.3 Å². The van der Waals surface area contributed by atoms with Crippen molar-refractivity contribution in [3.63, 3.8) is 0 Å². The monoisotopic (exact) mass is 162 g/mol. The molecule has 1 fully saturated rings. The van der Waals surface area contributed by atoms with Gasteiger partial charge in [-0.1, -0.05) is 19.1 Å². The molecule has 0 aromatic heterocycles. The van der Waals surface area contributed by atoms with Crippen molar-refractivity contribution in [1.29, 1.82) is 0 Å². The van der Waals surface area contributed by atoms with E-state index in [9.17, 15) is 5.11 Å². The van der Waals surface area contributed by atoms with Crippen molar-refractivity contribution in [2.75, 3.05) is 0 Å². The zero-order chi connectivity index (χ0) is 8.55. The molecular formula is C11H14O. The molecule has 64 valence electrons. The summed E-state index contributed by atoms with van der Waals surface area (Å²) in [5.41, 5.74) is 2.36. The van der Waals surface area contributed by atoms with Crippen LogP contribution in [0.1, 0.15) is 36.8 Å². The highest BCUT2D eigenvalue weighted by Crippen LogP contribution is 2.44. The molecule has 1 saturated carbocycles. The van der Waals surface area contributed by atoms with Crippen LogP contribution in [-0.4, -0.2) is 5.11 Å². The average molecular weight is 162 g/mol. The topological polar surface area (TPSA) is 20.2 Å². The minimum atomic E-state index is 0.497. The predicted molar refractivity (Wildman–Crippen MR) is 49.5 cm³/mol. The number of hydrogen-bond donors (Lipinski definition) is 1. The summed E-state index contributed by atoms with van der Waals surface area (Å²) in [6.45, 7) is 2.10. The van der Waals surface area contributed by atoms with Crippen LogP contribution in [-0.2, 0) is 6.42 Å². The first-order valence-electron chi connectivity index (χ1n) is 4.63. The zero-order valence-corrected chi connectivity index (χ0v) is 7.38. The van der Waals surface area contributed by atoms with Crippen molar-refractivity contribution >= 4 is 0 Å². The molecule has 1 aliphatic carbocycles. The first-order valence-corrected chi connectivity index (χ1v) is 4.63. The van der Waals surface area contributed by atoms with E-state index in [1.54, 1.807) is 0 Å². The van der Waals surface area contributed by atoms with E-state index in [0.717, 1.165) is 12.0 Å². The summed E-state index contributed by atoms with van der Waals surface area (Å²) in [6.07, 6.45) is 3.50. The molecular weight excluding hydrogens is 148 g/mol. The number of aromatic hydroxyl groups is 1. The Kier molecular flexibility index (Phi) is 1.80. The number of benzene rings is 1. The maximum atomic E-state index is 9.63. The summed E-state index contributed by atoms with van der Waals surface area (Å²) in [7, 11) is 0. The van der Waals surface area contributed by atoms with Crippen molar-refractivity contribution in [2.45, 2.75) is 32.1 Å². The van der Waals surface area contributed by atoms with Gasteiger partial charge in [-0.3, -0.25) is 0 Å². The molecule has 0 bridgehead atoms. The van der Waals surface area contributed by atoms with E-state index in [-0.39, 0.29) is 0 Å². The summed E-state index contributed by atoms with van der Waals surface area (Å²) in [5.74, 6) is 1.15. The molecule has 0 amide bonds. The van der Waals surface area contributed by atoms with E-state index in [1.165, 1.54) is 18.4 Å². The normalized spacial score (nSPS) is 16.4. The van der Waals surface area contributed by atoms with E-state index in [2.05, 4.69) is 19.1 Å².